The van der Waals surface area contributed by atoms with Gasteiger partial charge in [0.15, 0.2) is 5.82 Å². The Morgan fingerprint density at radius 3 is 2.84 bits per heavy atom. The summed E-state index contributed by atoms with van der Waals surface area (Å²) >= 11 is 5.81. The number of benzene rings is 1. The van der Waals surface area contributed by atoms with Gasteiger partial charge in [-0.05, 0) is 25.1 Å². The predicted molar refractivity (Wildman–Crippen MR) is 64.4 cm³/mol. The number of nitrogens with zero attached hydrogens (tertiary/aromatic N) is 2. The number of alkyl halides is 2. The molecule has 0 spiro atoms. The van der Waals surface area contributed by atoms with Gasteiger partial charge in [-0.2, -0.15) is 13.8 Å². The molecule has 0 radical (unpaired) electrons. The maximum Gasteiger partial charge on any atom is 0.387 e. The van der Waals surface area contributed by atoms with E-state index in [0.717, 1.165) is 0 Å². The van der Waals surface area contributed by atoms with E-state index in [4.69, 9.17) is 16.1 Å². The summed E-state index contributed by atoms with van der Waals surface area (Å²) in [6.45, 7) is -0.885. The van der Waals surface area contributed by atoms with E-state index in [2.05, 4.69) is 20.2 Å². The number of halogens is 3. The van der Waals surface area contributed by atoms with Crippen molar-refractivity contribution in [2.45, 2.75) is 20.1 Å². The van der Waals surface area contributed by atoms with Crippen LogP contribution in [0, 0.1) is 6.92 Å². The molecule has 0 saturated heterocycles. The van der Waals surface area contributed by atoms with Crippen molar-refractivity contribution >= 4 is 17.3 Å². The van der Waals surface area contributed by atoms with Crippen LogP contribution in [0.4, 0.5) is 14.5 Å². The lowest BCUT2D eigenvalue weighted by molar-refractivity contribution is -0.0497. The smallest absolute Gasteiger partial charge is 0.387 e. The number of anilines is 1. The van der Waals surface area contributed by atoms with Gasteiger partial charge >= 0.3 is 6.61 Å². The highest BCUT2D eigenvalue weighted by Crippen LogP contribution is 2.29. The summed E-state index contributed by atoms with van der Waals surface area (Å²) in [7, 11) is 0. The average Bonchev–Trinajstić information content (AvgIpc) is 2.75. The number of rotatable bonds is 5. The number of hydrogen-bond acceptors (Lipinski definition) is 5. The zero-order valence-electron chi connectivity index (χ0n) is 9.86. The lowest BCUT2D eigenvalue weighted by Gasteiger charge is -2.09. The monoisotopic (exact) mass is 289 g/mol. The topological polar surface area (TPSA) is 60.2 Å². The first-order valence-electron chi connectivity index (χ1n) is 5.32. The molecule has 0 bridgehead atoms. The molecule has 0 saturated carbocycles. The summed E-state index contributed by atoms with van der Waals surface area (Å²) in [6, 6.07) is 4.39. The Labute approximate surface area is 112 Å². The molecule has 1 aromatic heterocycles. The Hall–Kier alpha value is -1.89. The second-order valence-corrected chi connectivity index (χ2v) is 4.02. The van der Waals surface area contributed by atoms with E-state index in [1.807, 2.05) is 0 Å². The van der Waals surface area contributed by atoms with Crippen LogP contribution in [0.5, 0.6) is 5.75 Å². The molecule has 19 heavy (non-hydrogen) atoms. The minimum Gasteiger partial charge on any atom is -0.433 e. The standard InChI is InChI=1S/C11H10ClF2N3O2/c1-6-16-10(19-17-6)5-15-7-2-3-9(8(12)4-7)18-11(13)14/h2-4,11,15H,5H2,1H3. The van der Waals surface area contributed by atoms with Crippen molar-refractivity contribution in [2.24, 2.45) is 0 Å². The molecular formula is C11H10ClF2N3O2. The number of nitrogens with one attached hydrogen (secondary N) is 1. The highest BCUT2D eigenvalue weighted by Gasteiger charge is 2.09. The summed E-state index contributed by atoms with van der Waals surface area (Å²) in [5.41, 5.74) is 0.627. The maximum atomic E-state index is 12.0. The first-order valence-corrected chi connectivity index (χ1v) is 5.70. The largest absolute Gasteiger partial charge is 0.433 e. The van der Waals surface area contributed by atoms with E-state index in [1.54, 1.807) is 13.0 Å². The van der Waals surface area contributed by atoms with Gasteiger partial charge in [0.05, 0.1) is 11.6 Å². The Morgan fingerprint density at radius 1 is 1.47 bits per heavy atom. The first kappa shape index (κ1) is 13.5. The molecule has 8 heteroatoms. The highest BCUT2D eigenvalue weighted by molar-refractivity contribution is 6.32. The summed E-state index contributed by atoms with van der Waals surface area (Å²) < 4.78 is 33.2. The minimum absolute atomic E-state index is 0.0733. The molecule has 2 rings (SSSR count). The SMILES string of the molecule is Cc1noc(CNc2ccc(OC(F)F)c(Cl)c2)n1. The fourth-order valence-corrected chi connectivity index (χ4v) is 1.62. The van der Waals surface area contributed by atoms with E-state index < -0.39 is 6.61 Å². The molecule has 0 amide bonds. The van der Waals surface area contributed by atoms with Crippen LogP contribution in [0.2, 0.25) is 5.02 Å². The number of ether oxygens (including phenoxy) is 1. The third-order valence-electron chi connectivity index (χ3n) is 2.16. The predicted octanol–water partition coefficient (Wildman–Crippen LogP) is 3.24. The van der Waals surface area contributed by atoms with E-state index >= 15 is 0 Å². The van der Waals surface area contributed by atoms with Crippen molar-refractivity contribution in [3.05, 3.63) is 34.9 Å². The molecule has 1 heterocycles. The molecule has 1 aromatic carbocycles. The van der Waals surface area contributed by atoms with Gasteiger partial charge in [-0.15, -0.1) is 0 Å². The molecule has 1 N–H and O–H groups in total. The third kappa shape index (κ3) is 3.78. The minimum atomic E-state index is -2.90. The van der Waals surface area contributed by atoms with Crippen molar-refractivity contribution in [3.63, 3.8) is 0 Å². The zero-order chi connectivity index (χ0) is 13.8. The summed E-state index contributed by atoms with van der Waals surface area (Å²) in [4.78, 5) is 4.01. The third-order valence-corrected chi connectivity index (χ3v) is 2.46. The average molecular weight is 290 g/mol. The van der Waals surface area contributed by atoms with E-state index in [0.29, 0.717) is 23.9 Å². The normalized spacial score (nSPS) is 10.8. The lowest BCUT2D eigenvalue weighted by atomic mass is 10.3. The fraction of sp³-hybridized carbons (Fsp3) is 0.273. The molecule has 0 fully saturated rings. The second kappa shape index (κ2) is 5.83. The van der Waals surface area contributed by atoms with Gasteiger partial charge in [-0.25, -0.2) is 0 Å². The van der Waals surface area contributed by atoms with Crippen LogP contribution < -0.4 is 10.1 Å². The van der Waals surface area contributed by atoms with Crippen molar-refractivity contribution in [3.8, 4) is 5.75 Å². The number of aromatic nitrogens is 2. The van der Waals surface area contributed by atoms with Crippen LogP contribution in [-0.4, -0.2) is 16.8 Å². The summed E-state index contributed by atoms with van der Waals surface area (Å²) in [5, 5.41) is 6.70. The van der Waals surface area contributed by atoms with Crippen LogP contribution in [0.3, 0.4) is 0 Å². The van der Waals surface area contributed by atoms with Gasteiger partial charge in [0, 0.05) is 5.69 Å². The van der Waals surface area contributed by atoms with Crippen LogP contribution in [-0.2, 0) is 6.54 Å². The lowest BCUT2D eigenvalue weighted by Crippen LogP contribution is -2.03. The fourth-order valence-electron chi connectivity index (χ4n) is 1.39. The Balaban J connectivity index is 1.99. The maximum absolute atomic E-state index is 12.0. The van der Waals surface area contributed by atoms with Crippen molar-refractivity contribution < 1.29 is 18.0 Å². The van der Waals surface area contributed by atoms with E-state index in [-0.39, 0.29) is 10.8 Å². The van der Waals surface area contributed by atoms with Crippen LogP contribution in [0.15, 0.2) is 22.7 Å². The van der Waals surface area contributed by atoms with Gasteiger partial charge in [0.2, 0.25) is 5.89 Å². The Morgan fingerprint density at radius 2 is 2.26 bits per heavy atom. The Kier molecular flexibility index (Phi) is 4.16. The van der Waals surface area contributed by atoms with Crippen LogP contribution in [0.1, 0.15) is 11.7 Å². The number of aryl methyl sites for hydroxylation is 1. The number of hydrogen-bond donors (Lipinski definition) is 1. The second-order valence-electron chi connectivity index (χ2n) is 3.61. The zero-order valence-corrected chi connectivity index (χ0v) is 10.6. The van der Waals surface area contributed by atoms with Crippen molar-refractivity contribution in [1.29, 1.82) is 0 Å². The van der Waals surface area contributed by atoms with Gasteiger partial charge < -0.3 is 14.6 Å². The molecule has 0 aliphatic rings. The van der Waals surface area contributed by atoms with Crippen molar-refractivity contribution in [1.82, 2.24) is 10.1 Å². The quantitative estimate of drug-likeness (QED) is 0.915. The van der Waals surface area contributed by atoms with Gasteiger partial charge in [-0.1, -0.05) is 16.8 Å². The molecule has 0 aliphatic heterocycles. The summed E-state index contributed by atoms with van der Waals surface area (Å²) in [6.07, 6.45) is 0. The van der Waals surface area contributed by atoms with E-state index in [9.17, 15) is 8.78 Å². The van der Waals surface area contributed by atoms with E-state index in [1.165, 1.54) is 12.1 Å². The molecular weight excluding hydrogens is 280 g/mol. The van der Waals surface area contributed by atoms with Gasteiger partial charge in [0.1, 0.15) is 5.75 Å². The summed E-state index contributed by atoms with van der Waals surface area (Å²) in [5.74, 6) is 0.882. The van der Waals surface area contributed by atoms with Gasteiger partial charge in [0.25, 0.3) is 0 Å². The van der Waals surface area contributed by atoms with Crippen LogP contribution in [0.25, 0.3) is 0 Å². The van der Waals surface area contributed by atoms with Crippen LogP contribution >= 0.6 is 11.6 Å². The molecule has 0 unspecified atom stereocenters. The van der Waals surface area contributed by atoms with Crippen molar-refractivity contribution in [2.75, 3.05) is 5.32 Å². The molecule has 2 aromatic rings. The molecule has 0 atom stereocenters. The van der Waals surface area contributed by atoms with Gasteiger partial charge in [-0.3, -0.25) is 0 Å². The first-order chi connectivity index (χ1) is 9.04. The Bertz CT molecular complexity index is 563. The molecule has 5 nitrogen and oxygen atoms in total. The molecule has 102 valence electrons. The highest BCUT2D eigenvalue weighted by atomic mass is 35.5. The molecule has 0 aliphatic carbocycles.